The summed E-state index contributed by atoms with van der Waals surface area (Å²) in [5.74, 6) is 1.43. The molecule has 1 fully saturated rings. The van der Waals surface area contributed by atoms with Crippen LogP contribution in [-0.4, -0.2) is 26.4 Å². The van der Waals surface area contributed by atoms with Gasteiger partial charge in [-0.25, -0.2) is 9.97 Å². The van der Waals surface area contributed by atoms with Gasteiger partial charge in [0.05, 0.1) is 17.1 Å². The Balaban J connectivity index is 1.38. The molecule has 5 heteroatoms. The van der Waals surface area contributed by atoms with Gasteiger partial charge in [-0.2, -0.15) is 0 Å². The number of benzene rings is 2. The van der Waals surface area contributed by atoms with E-state index in [9.17, 15) is 10.2 Å². The van der Waals surface area contributed by atoms with Gasteiger partial charge in [0.2, 0.25) is 0 Å². The monoisotopic (exact) mass is 443 g/mol. The van der Waals surface area contributed by atoms with E-state index in [1.807, 2.05) is 18.2 Å². The molecule has 1 heterocycles. The maximum atomic E-state index is 10.8. The summed E-state index contributed by atoms with van der Waals surface area (Å²) in [6.45, 7) is 0. The van der Waals surface area contributed by atoms with Crippen LogP contribution in [0.4, 0.5) is 5.82 Å². The SMILES string of the molecule is Oc1ccc2c(c1)CCc1nc(NC(O)CCCc3ccccc3)c(C3CCCCC3)nc1-2. The minimum Gasteiger partial charge on any atom is -0.508 e. The fraction of sp³-hybridized carbons (Fsp3) is 0.429. The first-order valence-electron chi connectivity index (χ1n) is 12.4. The Labute approximate surface area is 195 Å². The highest BCUT2D eigenvalue weighted by Gasteiger charge is 2.27. The highest BCUT2D eigenvalue weighted by Crippen LogP contribution is 2.39. The molecule has 0 aliphatic heterocycles. The average molecular weight is 444 g/mol. The Hall–Kier alpha value is -2.92. The molecule has 5 nitrogen and oxygen atoms in total. The highest BCUT2D eigenvalue weighted by atomic mass is 16.3. The van der Waals surface area contributed by atoms with Gasteiger partial charge < -0.3 is 15.5 Å². The average Bonchev–Trinajstić information content (AvgIpc) is 2.84. The third kappa shape index (κ3) is 5.03. The Bertz CT molecular complexity index is 1090. The molecule has 1 saturated carbocycles. The van der Waals surface area contributed by atoms with Crippen LogP contribution in [-0.2, 0) is 19.3 Å². The van der Waals surface area contributed by atoms with Crippen LogP contribution in [0.25, 0.3) is 11.3 Å². The largest absolute Gasteiger partial charge is 0.508 e. The molecular formula is C28H33N3O2. The topological polar surface area (TPSA) is 78.3 Å². The van der Waals surface area contributed by atoms with Gasteiger partial charge in [0.1, 0.15) is 17.8 Å². The molecule has 5 rings (SSSR count). The summed E-state index contributed by atoms with van der Waals surface area (Å²) >= 11 is 0. The molecule has 1 aromatic heterocycles. The van der Waals surface area contributed by atoms with Crippen molar-refractivity contribution < 1.29 is 10.2 Å². The fourth-order valence-electron chi connectivity index (χ4n) is 5.29. The first kappa shape index (κ1) is 21.9. The lowest BCUT2D eigenvalue weighted by Crippen LogP contribution is -2.24. The number of aliphatic hydroxyl groups is 1. The summed E-state index contributed by atoms with van der Waals surface area (Å²) in [6, 6.07) is 16.0. The van der Waals surface area contributed by atoms with E-state index in [2.05, 4.69) is 29.6 Å². The number of anilines is 1. The van der Waals surface area contributed by atoms with Crippen LogP contribution >= 0.6 is 0 Å². The Morgan fingerprint density at radius 2 is 1.79 bits per heavy atom. The molecule has 33 heavy (non-hydrogen) atoms. The van der Waals surface area contributed by atoms with E-state index in [-0.39, 0.29) is 0 Å². The number of phenols is 1. The van der Waals surface area contributed by atoms with Gasteiger partial charge in [0.25, 0.3) is 0 Å². The summed E-state index contributed by atoms with van der Waals surface area (Å²) < 4.78 is 0. The van der Waals surface area contributed by atoms with Crippen LogP contribution in [0.1, 0.15) is 73.4 Å². The van der Waals surface area contributed by atoms with E-state index >= 15 is 0 Å². The molecule has 1 atom stereocenters. The summed E-state index contributed by atoms with van der Waals surface area (Å²) in [7, 11) is 0. The van der Waals surface area contributed by atoms with Crippen molar-refractivity contribution >= 4 is 5.82 Å². The molecule has 2 aliphatic carbocycles. The molecule has 172 valence electrons. The van der Waals surface area contributed by atoms with E-state index in [4.69, 9.17) is 9.97 Å². The maximum Gasteiger partial charge on any atom is 0.150 e. The predicted octanol–water partition coefficient (Wildman–Crippen LogP) is 5.75. The van der Waals surface area contributed by atoms with E-state index in [1.165, 1.54) is 24.8 Å². The number of hydrogen-bond donors (Lipinski definition) is 3. The Kier molecular flexibility index (Phi) is 6.58. The molecule has 3 N–H and O–H groups in total. The van der Waals surface area contributed by atoms with Gasteiger partial charge in [-0.3, -0.25) is 0 Å². The molecule has 0 saturated heterocycles. The summed E-state index contributed by atoms with van der Waals surface area (Å²) in [4.78, 5) is 10.2. The van der Waals surface area contributed by atoms with Crippen molar-refractivity contribution in [3.63, 3.8) is 0 Å². The first-order valence-corrected chi connectivity index (χ1v) is 12.4. The maximum absolute atomic E-state index is 10.8. The lowest BCUT2D eigenvalue weighted by Gasteiger charge is -2.27. The molecule has 0 bridgehead atoms. The van der Waals surface area contributed by atoms with Gasteiger partial charge in [-0.15, -0.1) is 0 Å². The molecule has 1 unspecified atom stereocenters. The van der Waals surface area contributed by atoms with Gasteiger partial charge in [-0.1, -0.05) is 49.6 Å². The van der Waals surface area contributed by atoms with Crippen molar-refractivity contribution in [1.29, 1.82) is 0 Å². The summed E-state index contributed by atoms with van der Waals surface area (Å²) in [6.07, 6.45) is 9.47. The molecule has 0 spiro atoms. The van der Waals surface area contributed by atoms with E-state index in [1.54, 1.807) is 6.07 Å². The number of phenolic OH excluding ortho intramolecular Hbond substituents is 1. The van der Waals surface area contributed by atoms with Gasteiger partial charge in [-0.05, 0) is 74.3 Å². The van der Waals surface area contributed by atoms with Crippen LogP contribution in [0.3, 0.4) is 0 Å². The van der Waals surface area contributed by atoms with Crippen LogP contribution in [0.2, 0.25) is 0 Å². The van der Waals surface area contributed by atoms with Crippen LogP contribution in [0.5, 0.6) is 5.75 Å². The zero-order valence-electron chi connectivity index (χ0n) is 19.1. The summed E-state index contributed by atoms with van der Waals surface area (Å²) in [5.41, 5.74) is 6.43. The van der Waals surface area contributed by atoms with E-state index in [0.29, 0.717) is 18.1 Å². The first-order chi connectivity index (χ1) is 16.2. The van der Waals surface area contributed by atoms with Crippen LogP contribution in [0, 0.1) is 0 Å². The molecule has 2 aliphatic rings. The minimum atomic E-state index is -0.642. The second kappa shape index (κ2) is 9.92. The van der Waals surface area contributed by atoms with E-state index < -0.39 is 6.23 Å². The van der Waals surface area contributed by atoms with Crippen molar-refractivity contribution in [1.82, 2.24) is 9.97 Å². The van der Waals surface area contributed by atoms with Crippen molar-refractivity contribution in [2.45, 2.75) is 76.4 Å². The standard InChI is InChI=1S/C28H33N3O2/c32-22-15-16-23-21(18-22)14-17-24-27(23)31-26(20-11-5-2-6-12-20)28(29-24)30-25(33)13-7-10-19-8-3-1-4-9-19/h1,3-4,8-9,15-16,18,20,25,32-33H,2,5-7,10-14,17H2,(H,29,30). The highest BCUT2D eigenvalue weighted by molar-refractivity contribution is 5.70. The van der Waals surface area contributed by atoms with Crippen molar-refractivity contribution in [3.05, 3.63) is 71.0 Å². The third-order valence-corrected chi connectivity index (χ3v) is 7.05. The van der Waals surface area contributed by atoms with Gasteiger partial charge >= 0.3 is 0 Å². The predicted molar refractivity (Wildman–Crippen MR) is 131 cm³/mol. The zero-order valence-corrected chi connectivity index (χ0v) is 19.1. The number of rotatable bonds is 7. The number of nitrogens with zero attached hydrogens (tertiary/aromatic N) is 2. The molecule has 0 radical (unpaired) electrons. The second-order valence-electron chi connectivity index (χ2n) is 9.47. The third-order valence-electron chi connectivity index (χ3n) is 7.05. The zero-order chi connectivity index (χ0) is 22.6. The van der Waals surface area contributed by atoms with Crippen molar-refractivity contribution in [3.8, 4) is 17.0 Å². The van der Waals surface area contributed by atoms with Crippen molar-refractivity contribution in [2.75, 3.05) is 5.32 Å². The van der Waals surface area contributed by atoms with Crippen LogP contribution in [0.15, 0.2) is 48.5 Å². The van der Waals surface area contributed by atoms with E-state index in [0.717, 1.165) is 72.6 Å². The Morgan fingerprint density at radius 1 is 0.970 bits per heavy atom. The number of aromatic hydroxyl groups is 1. The number of fused-ring (bicyclic) bond motifs is 3. The lowest BCUT2D eigenvalue weighted by molar-refractivity contribution is 0.189. The summed E-state index contributed by atoms with van der Waals surface area (Å²) in [5, 5.41) is 24.0. The Morgan fingerprint density at radius 3 is 2.61 bits per heavy atom. The number of nitrogens with one attached hydrogen (secondary N) is 1. The fourth-order valence-corrected chi connectivity index (χ4v) is 5.29. The van der Waals surface area contributed by atoms with Gasteiger partial charge in [0, 0.05) is 11.5 Å². The molecule has 3 aromatic rings. The number of aromatic nitrogens is 2. The minimum absolute atomic E-state index is 0.301. The molecule has 0 amide bonds. The second-order valence-corrected chi connectivity index (χ2v) is 9.47. The number of aliphatic hydroxyl groups excluding tert-OH is 1. The van der Waals surface area contributed by atoms with Crippen LogP contribution < -0.4 is 5.32 Å². The smallest absolute Gasteiger partial charge is 0.150 e. The molecule has 2 aromatic carbocycles. The number of hydrogen-bond acceptors (Lipinski definition) is 5. The normalized spacial score (nSPS) is 16.6. The number of aryl methyl sites for hydroxylation is 3. The van der Waals surface area contributed by atoms with Crippen molar-refractivity contribution in [2.24, 2.45) is 0 Å². The van der Waals surface area contributed by atoms with Gasteiger partial charge in [0.15, 0.2) is 0 Å². The molecular weight excluding hydrogens is 410 g/mol. The lowest BCUT2D eigenvalue weighted by atomic mass is 9.85. The quantitative estimate of drug-likeness (QED) is 0.405.